The van der Waals surface area contributed by atoms with E-state index in [9.17, 15) is 22.8 Å². The molecule has 0 saturated heterocycles. The van der Waals surface area contributed by atoms with E-state index in [0.29, 0.717) is 11.1 Å². The van der Waals surface area contributed by atoms with Crippen LogP contribution in [0.4, 0.5) is 13.2 Å². The molecule has 11 heteroatoms. The van der Waals surface area contributed by atoms with Crippen molar-refractivity contribution in [2.24, 2.45) is 5.92 Å². The van der Waals surface area contributed by atoms with Crippen LogP contribution in [0.2, 0.25) is 5.02 Å². The second kappa shape index (κ2) is 9.82. The largest absolute Gasteiger partial charge is 0.417 e. The van der Waals surface area contributed by atoms with E-state index in [2.05, 4.69) is 25.0 Å². The summed E-state index contributed by atoms with van der Waals surface area (Å²) in [7, 11) is 0. The highest BCUT2D eigenvalue weighted by Gasteiger charge is 2.18. The third kappa shape index (κ3) is 5.44. The summed E-state index contributed by atoms with van der Waals surface area (Å²) in [6.45, 7) is 0.491. The van der Waals surface area contributed by atoms with Gasteiger partial charge in [-0.1, -0.05) is 31.5 Å². The van der Waals surface area contributed by atoms with E-state index in [1.165, 1.54) is 24.4 Å². The van der Waals surface area contributed by atoms with Gasteiger partial charge in [-0.15, -0.1) is 0 Å². The topological polar surface area (TPSA) is 97.0 Å². The Bertz CT molecular complexity index is 1180. The molecule has 0 aliphatic heterocycles. The first-order valence-electron chi connectivity index (χ1n) is 9.43. The smallest absolute Gasteiger partial charge is 0.388 e. The van der Waals surface area contributed by atoms with E-state index in [1.807, 2.05) is 0 Å². The summed E-state index contributed by atoms with van der Waals surface area (Å²) in [6, 6.07) is 6.30. The lowest BCUT2D eigenvalue weighted by Gasteiger charge is -2.13. The third-order valence-corrected chi connectivity index (χ3v) is 4.80. The molecule has 168 valence electrons. The average molecular weight is 467 g/mol. The zero-order valence-electron chi connectivity index (χ0n) is 17.0. The number of aromatic amines is 1. The molecule has 2 aromatic heterocycles. The molecule has 0 bridgehead atoms. The highest BCUT2D eigenvalue weighted by molar-refractivity contribution is 6.34. The number of nitrogens with one attached hydrogen (secondary N) is 2. The van der Waals surface area contributed by atoms with Crippen LogP contribution in [0, 0.1) is 11.7 Å². The summed E-state index contributed by atoms with van der Waals surface area (Å²) in [4.78, 5) is 34.5. The first-order chi connectivity index (χ1) is 15.2. The molecule has 2 heterocycles. The number of hydrogen-bond donors (Lipinski definition) is 2. The fourth-order valence-electron chi connectivity index (χ4n) is 2.75. The van der Waals surface area contributed by atoms with Crippen LogP contribution in [0.25, 0.3) is 22.6 Å². The number of pyridine rings is 1. The molecule has 0 aliphatic rings. The first-order valence-corrected chi connectivity index (χ1v) is 9.81. The molecule has 3 rings (SSSR count). The van der Waals surface area contributed by atoms with Gasteiger partial charge in [0.1, 0.15) is 11.6 Å². The van der Waals surface area contributed by atoms with Crippen LogP contribution in [0.5, 0.6) is 5.88 Å². The molecular weight excluding hydrogens is 449 g/mol. The Kier molecular flexibility index (Phi) is 7.14. The predicted molar refractivity (Wildman–Crippen MR) is 112 cm³/mol. The zero-order chi connectivity index (χ0) is 23.4. The number of nitrogens with zero attached hydrogens (tertiary/aromatic N) is 2. The highest BCUT2D eigenvalue weighted by Crippen LogP contribution is 2.32. The summed E-state index contributed by atoms with van der Waals surface area (Å²) >= 11 is 6.38. The van der Waals surface area contributed by atoms with Gasteiger partial charge in [-0.2, -0.15) is 8.78 Å². The van der Waals surface area contributed by atoms with Crippen molar-refractivity contribution < 1.29 is 22.7 Å². The fraction of sp³-hybridized carbons (Fsp3) is 0.238. The normalized spacial score (nSPS) is 11.1. The number of hydrogen-bond acceptors (Lipinski definition) is 5. The fourth-order valence-corrected chi connectivity index (χ4v) is 3.06. The Morgan fingerprint density at radius 3 is 2.62 bits per heavy atom. The molecule has 32 heavy (non-hydrogen) atoms. The van der Waals surface area contributed by atoms with Crippen molar-refractivity contribution in [1.29, 1.82) is 0 Å². The van der Waals surface area contributed by atoms with Gasteiger partial charge in [0.25, 0.3) is 5.56 Å². The summed E-state index contributed by atoms with van der Waals surface area (Å²) in [5.41, 5.74) is 0.129. The van der Waals surface area contributed by atoms with Gasteiger partial charge in [-0.05, 0) is 17.7 Å². The van der Waals surface area contributed by atoms with Gasteiger partial charge in [0.2, 0.25) is 11.8 Å². The summed E-state index contributed by atoms with van der Waals surface area (Å²) in [6.07, 6.45) is 1.19. The van der Waals surface area contributed by atoms with Gasteiger partial charge in [0.05, 0.1) is 16.3 Å². The van der Waals surface area contributed by atoms with Crippen molar-refractivity contribution in [1.82, 2.24) is 20.3 Å². The third-order valence-electron chi connectivity index (χ3n) is 4.37. The Hall–Kier alpha value is -3.40. The molecule has 1 amide bonds. The van der Waals surface area contributed by atoms with Crippen LogP contribution in [0.15, 0.2) is 41.3 Å². The van der Waals surface area contributed by atoms with Gasteiger partial charge in [-0.25, -0.2) is 14.4 Å². The molecule has 0 atom stereocenters. The van der Waals surface area contributed by atoms with E-state index >= 15 is 0 Å². The molecule has 7 nitrogen and oxygen atoms in total. The van der Waals surface area contributed by atoms with Crippen molar-refractivity contribution in [2.45, 2.75) is 27.0 Å². The van der Waals surface area contributed by atoms with Gasteiger partial charge in [0, 0.05) is 36.4 Å². The number of H-pyrrole nitrogens is 1. The second-order valence-electron chi connectivity index (χ2n) is 7.01. The van der Waals surface area contributed by atoms with Gasteiger partial charge < -0.3 is 15.0 Å². The summed E-state index contributed by atoms with van der Waals surface area (Å²) in [5, 5.41) is 2.67. The standard InChI is InChI=1S/C21H18ClF3N4O3/c1-10(2)20(31)27-9-12-3-5-13(23)17(18(12)22)19-28-14(7-15(30)29-19)11-4-6-16(26-8-11)32-21(24)25/h3-8,10,21H,9H2,1-2H3,(H,27,31)(H,28,29,30). The van der Waals surface area contributed by atoms with Crippen molar-refractivity contribution >= 4 is 17.5 Å². The zero-order valence-corrected chi connectivity index (χ0v) is 17.7. The minimum Gasteiger partial charge on any atom is -0.417 e. The van der Waals surface area contributed by atoms with Crippen LogP contribution in [-0.4, -0.2) is 27.5 Å². The van der Waals surface area contributed by atoms with E-state index in [4.69, 9.17) is 11.6 Å². The number of halogens is 4. The molecule has 0 radical (unpaired) electrons. The minimum atomic E-state index is -3.03. The lowest BCUT2D eigenvalue weighted by atomic mass is 10.1. The SMILES string of the molecule is CC(C)C(=O)NCc1ccc(F)c(-c2nc(-c3ccc(OC(F)F)nc3)cc(=O)[nH]2)c1Cl. The lowest BCUT2D eigenvalue weighted by molar-refractivity contribution is -0.124. The Balaban J connectivity index is 1.98. The lowest BCUT2D eigenvalue weighted by Crippen LogP contribution is -2.27. The van der Waals surface area contributed by atoms with Crippen molar-refractivity contribution in [3.05, 3.63) is 63.3 Å². The molecule has 0 fully saturated rings. The molecule has 0 aliphatic carbocycles. The monoisotopic (exact) mass is 466 g/mol. The van der Waals surface area contributed by atoms with Crippen LogP contribution < -0.4 is 15.6 Å². The molecule has 0 saturated carbocycles. The van der Waals surface area contributed by atoms with Gasteiger partial charge in [-0.3, -0.25) is 9.59 Å². The number of aromatic nitrogens is 3. The average Bonchev–Trinajstić information content (AvgIpc) is 2.72. The Labute approximate surface area is 185 Å². The van der Waals surface area contributed by atoms with Crippen LogP contribution in [-0.2, 0) is 11.3 Å². The summed E-state index contributed by atoms with van der Waals surface area (Å²) < 4.78 is 43.4. The minimum absolute atomic E-state index is 0.0202. The number of ether oxygens (including phenoxy) is 1. The number of carbonyl (C=O) groups excluding carboxylic acids is 1. The maximum Gasteiger partial charge on any atom is 0.388 e. The van der Waals surface area contributed by atoms with Crippen molar-refractivity contribution in [3.8, 4) is 28.5 Å². The Morgan fingerprint density at radius 2 is 2.00 bits per heavy atom. The van der Waals surface area contributed by atoms with E-state index in [1.54, 1.807) is 13.8 Å². The number of benzene rings is 1. The molecule has 1 aromatic carbocycles. The molecule has 0 unspecified atom stereocenters. The number of rotatable bonds is 7. The first kappa shape index (κ1) is 23.3. The van der Waals surface area contributed by atoms with Crippen molar-refractivity contribution in [3.63, 3.8) is 0 Å². The summed E-state index contributed by atoms with van der Waals surface area (Å²) in [5.74, 6) is -1.62. The molecule has 3 aromatic rings. The number of alkyl halides is 2. The second-order valence-corrected chi connectivity index (χ2v) is 7.39. The van der Waals surface area contributed by atoms with E-state index < -0.39 is 18.0 Å². The van der Waals surface area contributed by atoms with Crippen LogP contribution in [0.1, 0.15) is 19.4 Å². The van der Waals surface area contributed by atoms with Crippen LogP contribution >= 0.6 is 11.6 Å². The quantitative estimate of drug-likeness (QED) is 0.545. The number of carbonyl (C=O) groups is 1. The Morgan fingerprint density at radius 1 is 1.25 bits per heavy atom. The van der Waals surface area contributed by atoms with Crippen LogP contribution in [0.3, 0.4) is 0 Å². The predicted octanol–water partition coefficient (Wildman–Crippen LogP) is 4.17. The van der Waals surface area contributed by atoms with E-state index in [0.717, 1.165) is 12.1 Å². The van der Waals surface area contributed by atoms with Gasteiger partial charge in [0.15, 0.2) is 0 Å². The number of amides is 1. The van der Waals surface area contributed by atoms with Crippen molar-refractivity contribution in [2.75, 3.05) is 0 Å². The maximum absolute atomic E-state index is 14.6. The highest BCUT2D eigenvalue weighted by atomic mass is 35.5. The van der Waals surface area contributed by atoms with E-state index in [-0.39, 0.29) is 46.4 Å². The maximum atomic E-state index is 14.6. The molecule has 2 N–H and O–H groups in total. The van der Waals surface area contributed by atoms with Gasteiger partial charge >= 0.3 is 6.61 Å². The molecule has 0 spiro atoms. The molecular formula is C21H18ClF3N4O3.